The van der Waals surface area contributed by atoms with E-state index in [-0.39, 0.29) is 12.5 Å². The number of rotatable bonds is 7. The molecule has 2 aromatic rings. The smallest absolute Gasteiger partial charge is 0.277 e. The van der Waals surface area contributed by atoms with Gasteiger partial charge in [-0.3, -0.25) is 4.79 Å². The van der Waals surface area contributed by atoms with Gasteiger partial charge >= 0.3 is 0 Å². The van der Waals surface area contributed by atoms with Gasteiger partial charge in [-0.25, -0.2) is 5.43 Å². The Hall–Kier alpha value is -3.02. The number of hydrogen-bond donors (Lipinski definition) is 1. The molecule has 0 aliphatic carbocycles. The number of amides is 1. The van der Waals surface area contributed by atoms with E-state index in [1.54, 1.807) is 32.4 Å². The summed E-state index contributed by atoms with van der Waals surface area (Å²) in [4.78, 5) is 11.8. The average Bonchev–Trinajstić information content (AvgIpc) is 2.62. The third-order valence-corrected chi connectivity index (χ3v) is 3.68. The van der Waals surface area contributed by atoms with Gasteiger partial charge in [0.1, 0.15) is 17.2 Å². The van der Waals surface area contributed by atoms with Crippen molar-refractivity contribution in [2.45, 2.75) is 13.8 Å². The molecule has 132 valence electrons. The summed E-state index contributed by atoms with van der Waals surface area (Å²) in [5.74, 6) is 1.59. The highest BCUT2D eigenvalue weighted by Crippen LogP contribution is 2.23. The van der Waals surface area contributed by atoms with Crippen LogP contribution in [0.5, 0.6) is 17.2 Å². The zero-order valence-corrected chi connectivity index (χ0v) is 14.8. The van der Waals surface area contributed by atoms with E-state index in [1.807, 2.05) is 32.0 Å². The molecule has 6 nitrogen and oxygen atoms in total. The lowest BCUT2D eigenvalue weighted by molar-refractivity contribution is -0.123. The van der Waals surface area contributed by atoms with Gasteiger partial charge in [0.25, 0.3) is 5.91 Å². The van der Waals surface area contributed by atoms with Gasteiger partial charge < -0.3 is 14.2 Å². The molecule has 0 bridgehead atoms. The van der Waals surface area contributed by atoms with Crippen LogP contribution in [0.3, 0.4) is 0 Å². The first-order valence-electron chi connectivity index (χ1n) is 7.77. The van der Waals surface area contributed by atoms with Gasteiger partial charge in [0.2, 0.25) is 0 Å². The zero-order chi connectivity index (χ0) is 18.2. The molecular formula is C19H22N2O4. The zero-order valence-electron chi connectivity index (χ0n) is 14.8. The van der Waals surface area contributed by atoms with Gasteiger partial charge in [-0.2, -0.15) is 5.10 Å². The first-order chi connectivity index (χ1) is 12.0. The van der Waals surface area contributed by atoms with Crippen molar-refractivity contribution in [2.24, 2.45) is 5.10 Å². The molecule has 6 heteroatoms. The van der Waals surface area contributed by atoms with Crippen molar-refractivity contribution >= 4 is 12.1 Å². The molecule has 0 aromatic heterocycles. The van der Waals surface area contributed by atoms with E-state index in [1.165, 1.54) is 11.8 Å². The maximum atomic E-state index is 11.8. The van der Waals surface area contributed by atoms with Crippen LogP contribution in [0.15, 0.2) is 41.5 Å². The minimum atomic E-state index is -0.345. The Morgan fingerprint density at radius 3 is 2.48 bits per heavy atom. The van der Waals surface area contributed by atoms with Gasteiger partial charge in [0.05, 0.1) is 20.4 Å². The number of carbonyl (C=O) groups is 1. The summed E-state index contributed by atoms with van der Waals surface area (Å²) in [7, 11) is 3.14. The van der Waals surface area contributed by atoms with E-state index in [9.17, 15) is 4.79 Å². The van der Waals surface area contributed by atoms with Gasteiger partial charge in [-0.15, -0.1) is 0 Å². The predicted octanol–water partition coefficient (Wildman–Crippen LogP) is 2.85. The fourth-order valence-electron chi connectivity index (χ4n) is 2.08. The van der Waals surface area contributed by atoms with Crippen molar-refractivity contribution in [3.63, 3.8) is 0 Å². The first-order valence-corrected chi connectivity index (χ1v) is 7.77. The Kier molecular flexibility index (Phi) is 6.39. The van der Waals surface area contributed by atoms with Crippen LogP contribution in [0.25, 0.3) is 0 Å². The molecule has 0 unspecified atom stereocenters. The molecule has 0 aliphatic rings. The largest absolute Gasteiger partial charge is 0.497 e. The number of carbonyl (C=O) groups excluding carboxylic acids is 1. The lowest BCUT2D eigenvalue weighted by Gasteiger charge is -2.08. The highest BCUT2D eigenvalue weighted by Gasteiger charge is 2.05. The molecule has 0 radical (unpaired) electrons. The summed E-state index contributed by atoms with van der Waals surface area (Å²) in [6.45, 7) is 3.91. The number of benzene rings is 2. The Bertz CT molecular complexity index is 772. The molecule has 1 amide bonds. The van der Waals surface area contributed by atoms with Crippen LogP contribution in [0, 0.1) is 13.8 Å². The third-order valence-electron chi connectivity index (χ3n) is 3.68. The molecule has 2 rings (SSSR count). The second kappa shape index (κ2) is 8.73. The quantitative estimate of drug-likeness (QED) is 0.620. The van der Waals surface area contributed by atoms with E-state index >= 15 is 0 Å². The number of hydrazone groups is 1. The van der Waals surface area contributed by atoms with Crippen molar-refractivity contribution in [1.82, 2.24) is 5.43 Å². The van der Waals surface area contributed by atoms with Crippen LogP contribution in [0.2, 0.25) is 0 Å². The van der Waals surface area contributed by atoms with Gasteiger partial charge in [-0.1, -0.05) is 6.07 Å². The number of ether oxygens (including phenoxy) is 3. The van der Waals surface area contributed by atoms with Crippen molar-refractivity contribution in [1.29, 1.82) is 0 Å². The summed E-state index contributed by atoms with van der Waals surface area (Å²) in [5, 5.41) is 3.92. The standard InChI is InChI=1S/C19H22N2O4/c1-13-5-7-17(9-14(13)2)25-12-19(22)21-20-11-15-6-8-16(23-3)10-18(15)24-4/h5-11H,12H2,1-4H3,(H,21,22)/b20-11+. The molecule has 0 fully saturated rings. The minimum absolute atomic E-state index is 0.112. The van der Waals surface area contributed by atoms with Gasteiger partial charge in [0.15, 0.2) is 6.61 Å². The monoisotopic (exact) mass is 342 g/mol. The number of aryl methyl sites for hydroxylation is 2. The maximum absolute atomic E-state index is 11.8. The topological polar surface area (TPSA) is 69.2 Å². The summed E-state index contributed by atoms with van der Waals surface area (Å²) < 4.78 is 15.9. The van der Waals surface area contributed by atoms with Crippen LogP contribution in [0.1, 0.15) is 16.7 Å². The number of methoxy groups -OCH3 is 2. The molecule has 0 atom stereocenters. The molecule has 2 aromatic carbocycles. The SMILES string of the molecule is COc1ccc(/C=N/NC(=O)COc2ccc(C)c(C)c2)c(OC)c1. The fourth-order valence-corrected chi connectivity index (χ4v) is 2.08. The van der Waals surface area contributed by atoms with E-state index in [2.05, 4.69) is 10.5 Å². The summed E-state index contributed by atoms with van der Waals surface area (Å²) in [5.41, 5.74) is 5.44. The molecule has 0 saturated heterocycles. The average molecular weight is 342 g/mol. The van der Waals surface area contributed by atoms with Gasteiger partial charge in [-0.05, 0) is 49.2 Å². The van der Waals surface area contributed by atoms with Crippen LogP contribution in [-0.2, 0) is 4.79 Å². The summed E-state index contributed by atoms with van der Waals surface area (Å²) >= 11 is 0. The highest BCUT2D eigenvalue weighted by atomic mass is 16.5. The number of nitrogens with zero attached hydrogens (tertiary/aromatic N) is 1. The third kappa shape index (κ3) is 5.24. The predicted molar refractivity (Wildman–Crippen MR) is 96.7 cm³/mol. The van der Waals surface area contributed by atoms with Crippen LogP contribution in [-0.4, -0.2) is 32.9 Å². The molecular weight excluding hydrogens is 320 g/mol. The van der Waals surface area contributed by atoms with Crippen molar-refractivity contribution < 1.29 is 19.0 Å². The van der Waals surface area contributed by atoms with E-state index in [4.69, 9.17) is 14.2 Å². The molecule has 0 spiro atoms. The van der Waals surface area contributed by atoms with Crippen molar-refractivity contribution in [2.75, 3.05) is 20.8 Å². The molecule has 0 saturated carbocycles. The van der Waals surface area contributed by atoms with Gasteiger partial charge in [0, 0.05) is 11.6 Å². The Balaban J connectivity index is 1.89. The first kappa shape index (κ1) is 18.3. The normalized spacial score (nSPS) is 10.6. The van der Waals surface area contributed by atoms with E-state index in [0.717, 1.165) is 11.1 Å². The van der Waals surface area contributed by atoms with Crippen LogP contribution in [0.4, 0.5) is 0 Å². The van der Waals surface area contributed by atoms with Crippen LogP contribution < -0.4 is 19.6 Å². The maximum Gasteiger partial charge on any atom is 0.277 e. The second-order valence-corrected chi connectivity index (χ2v) is 5.44. The lowest BCUT2D eigenvalue weighted by Crippen LogP contribution is -2.24. The molecule has 1 N–H and O–H groups in total. The summed E-state index contributed by atoms with van der Waals surface area (Å²) in [6, 6.07) is 11.0. The Morgan fingerprint density at radius 1 is 1.04 bits per heavy atom. The molecule has 0 aliphatic heterocycles. The van der Waals surface area contributed by atoms with E-state index in [0.29, 0.717) is 17.2 Å². The number of hydrogen-bond acceptors (Lipinski definition) is 5. The lowest BCUT2D eigenvalue weighted by atomic mass is 10.1. The molecule has 25 heavy (non-hydrogen) atoms. The summed E-state index contributed by atoms with van der Waals surface area (Å²) in [6.07, 6.45) is 1.51. The molecule has 0 heterocycles. The minimum Gasteiger partial charge on any atom is -0.497 e. The highest BCUT2D eigenvalue weighted by molar-refractivity contribution is 5.85. The Morgan fingerprint density at radius 2 is 1.80 bits per heavy atom. The Labute approximate surface area is 147 Å². The van der Waals surface area contributed by atoms with Crippen molar-refractivity contribution in [3.05, 3.63) is 53.1 Å². The van der Waals surface area contributed by atoms with E-state index < -0.39 is 0 Å². The number of nitrogens with one attached hydrogen (secondary N) is 1. The van der Waals surface area contributed by atoms with Crippen molar-refractivity contribution in [3.8, 4) is 17.2 Å². The van der Waals surface area contributed by atoms with Crippen LogP contribution >= 0.6 is 0 Å². The second-order valence-electron chi connectivity index (χ2n) is 5.44. The fraction of sp³-hybridized carbons (Fsp3) is 0.263.